The average molecular weight is 473 g/mol. The second-order valence-corrected chi connectivity index (χ2v) is 6.58. The molecule has 3 aromatic rings. The van der Waals surface area contributed by atoms with Crippen LogP contribution in [0.25, 0.3) is 0 Å². The Morgan fingerprint density at radius 3 is 2.47 bits per heavy atom. The maximum atomic E-state index is 12.6. The first-order valence-corrected chi connectivity index (χ1v) is 9.39. The maximum Gasteiger partial charge on any atom is 0.433 e. The Kier molecular flexibility index (Phi) is 6.89. The summed E-state index contributed by atoms with van der Waals surface area (Å²) < 4.78 is 42.5. The van der Waals surface area contributed by atoms with Gasteiger partial charge in [0.1, 0.15) is 11.5 Å². The van der Waals surface area contributed by atoms with Crippen molar-refractivity contribution in [2.24, 2.45) is 21.5 Å². The number of amidine groups is 1. The van der Waals surface area contributed by atoms with Gasteiger partial charge in [-0.3, -0.25) is 4.79 Å². The number of benzene rings is 1. The number of nitrogens with two attached hydrogens (primary N) is 2. The molecule has 11 nitrogen and oxygen atoms in total. The van der Waals surface area contributed by atoms with Crippen molar-refractivity contribution in [2.75, 3.05) is 17.3 Å². The minimum atomic E-state index is -4.60. The number of amides is 1. The van der Waals surface area contributed by atoms with Crippen molar-refractivity contribution < 1.29 is 22.5 Å². The van der Waals surface area contributed by atoms with E-state index < -0.39 is 23.7 Å². The third-order valence-corrected chi connectivity index (χ3v) is 4.17. The average Bonchev–Trinajstić information content (AvgIpc) is 3.29. The molecule has 34 heavy (non-hydrogen) atoms. The van der Waals surface area contributed by atoms with E-state index in [-0.39, 0.29) is 29.1 Å². The normalized spacial score (nSPS) is 12.4. The first kappa shape index (κ1) is 23.9. The van der Waals surface area contributed by atoms with Crippen LogP contribution >= 0.6 is 0 Å². The summed E-state index contributed by atoms with van der Waals surface area (Å²) in [5, 5.41) is 5.80. The van der Waals surface area contributed by atoms with E-state index in [1.54, 1.807) is 11.9 Å². The lowest BCUT2D eigenvalue weighted by Gasteiger charge is -2.18. The topological polar surface area (TPSA) is 161 Å². The van der Waals surface area contributed by atoms with E-state index in [0.717, 1.165) is 18.0 Å². The van der Waals surface area contributed by atoms with Gasteiger partial charge in [0.15, 0.2) is 5.84 Å². The van der Waals surface area contributed by atoms with Crippen LogP contribution in [0.1, 0.15) is 22.2 Å². The lowest BCUT2D eigenvalue weighted by Crippen LogP contribution is -2.23. The molecule has 0 saturated carbocycles. The quantitative estimate of drug-likeness (QED) is 0.363. The molecule has 0 atom stereocenters. The third kappa shape index (κ3) is 5.93. The summed E-state index contributed by atoms with van der Waals surface area (Å²) in [5.41, 5.74) is 11.3. The molecule has 0 aliphatic rings. The fraction of sp³-hybridized carbons (Fsp3) is 0.100. The molecule has 0 saturated heterocycles. The number of aromatic nitrogens is 3. The van der Waals surface area contributed by atoms with E-state index in [1.807, 2.05) is 30.3 Å². The van der Waals surface area contributed by atoms with Crippen LogP contribution in [0.2, 0.25) is 0 Å². The summed E-state index contributed by atoms with van der Waals surface area (Å²) in [6.45, 7) is 3.82. The molecule has 0 fully saturated rings. The second kappa shape index (κ2) is 9.81. The molecule has 176 valence electrons. The van der Waals surface area contributed by atoms with Gasteiger partial charge in [-0.2, -0.15) is 28.1 Å². The summed E-state index contributed by atoms with van der Waals surface area (Å²) in [5.74, 6) is -1.94. The highest BCUT2D eigenvalue weighted by Crippen LogP contribution is 2.27. The zero-order valence-electron chi connectivity index (χ0n) is 17.6. The highest BCUT2D eigenvalue weighted by atomic mass is 19.4. The van der Waals surface area contributed by atoms with Crippen LogP contribution in [-0.4, -0.2) is 39.9 Å². The third-order valence-electron chi connectivity index (χ3n) is 4.17. The first-order chi connectivity index (χ1) is 16.0. The van der Waals surface area contributed by atoms with E-state index in [0.29, 0.717) is 6.07 Å². The Labute approximate surface area is 190 Å². The molecule has 1 aromatic carbocycles. The standard InChI is InChI=1S/C20H18F3N9O2/c1-11(32(2)13-6-4-3-5-7-13)27-19(25)29-15(24)16-30-18(34-31-16)17(33)28-12-8-9-14(26-10-12)20(21,22)23/h3-10H,1H2,2H3,(H,28,33)(H4,24,25,27,29). The zero-order valence-corrected chi connectivity index (χ0v) is 17.6. The highest BCUT2D eigenvalue weighted by Gasteiger charge is 2.32. The summed E-state index contributed by atoms with van der Waals surface area (Å²) >= 11 is 0. The van der Waals surface area contributed by atoms with Crippen molar-refractivity contribution in [3.63, 3.8) is 0 Å². The molecule has 0 radical (unpaired) electrons. The van der Waals surface area contributed by atoms with Gasteiger partial charge < -0.3 is 26.2 Å². The van der Waals surface area contributed by atoms with Crippen molar-refractivity contribution in [3.8, 4) is 0 Å². The SMILES string of the molecule is C=C(N=C(N)N=C(N)c1noc(C(=O)Nc2ccc(C(F)(F)F)nc2)n1)N(C)c1ccccc1. The van der Waals surface area contributed by atoms with Crippen LogP contribution < -0.4 is 21.7 Å². The molecular formula is C20H18F3N9O2. The van der Waals surface area contributed by atoms with E-state index in [9.17, 15) is 18.0 Å². The number of hydrogen-bond acceptors (Lipinski definition) is 7. The first-order valence-electron chi connectivity index (χ1n) is 9.39. The molecule has 3 rings (SSSR count). The smallest absolute Gasteiger partial charge is 0.380 e. The van der Waals surface area contributed by atoms with Gasteiger partial charge in [0.05, 0.1) is 11.9 Å². The molecule has 0 aliphatic heterocycles. The zero-order chi connectivity index (χ0) is 24.9. The van der Waals surface area contributed by atoms with E-state index in [4.69, 9.17) is 16.0 Å². The number of aliphatic imine (C=N–C) groups is 2. The number of para-hydroxylation sites is 1. The van der Waals surface area contributed by atoms with Crippen molar-refractivity contribution in [3.05, 3.63) is 78.5 Å². The van der Waals surface area contributed by atoms with Crippen LogP contribution in [0.3, 0.4) is 0 Å². The Morgan fingerprint density at radius 2 is 1.85 bits per heavy atom. The van der Waals surface area contributed by atoms with Crippen LogP contribution in [0.4, 0.5) is 24.5 Å². The number of hydrogen-bond donors (Lipinski definition) is 3. The van der Waals surface area contributed by atoms with Gasteiger partial charge in [0.2, 0.25) is 11.8 Å². The minimum Gasteiger partial charge on any atom is -0.380 e. The lowest BCUT2D eigenvalue weighted by molar-refractivity contribution is -0.141. The molecule has 0 aliphatic carbocycles. The number of nitrogens with zero attached hydrogens (tertiary/aromatic N) is 6. The predicted molar refractivity (Wildman–Crippen MR) is 118 cm³/mol. The predicted octanol–water partition coefficient (Wildman–Crippen LogP) is 2.36. The molecule has 0 spiro atoms. The number of carbonyl (C=O) groups excluding carboxylic acids is 1. The lowest BCUT2D eigenvalue weighted by atomic mass is 10.3. The molecule has 0 unspecified atom stereocenters. The number of guanidine groups is 1. The number of nitrogens with one attached hydrogen (secondary N) is 1. The molecular weight excluding hydrogens is 455 g/mol. The van der Waals surface area contributed by atoms with Crippen molar-refractivity contribution in [2.45, 2.75) is 6.18 Å². The Morgan fingerprint density at radius 1 is 1.15 bits per heavy atom. The Bertz CT molecular complexity index is 1240. The van der Waals surface area contributed by atoms with Gasteiger partial charge in [0.25, 0.3) is 0 Å². The van der Waals surface area contributed by atoms with E-state index in [2.05, 4.69) is 37.0 Å². The van der Waals surface area contributed by atoms with Gasteiger partial charge in [-0.05, 0) is 24.3 Å². The summed E-state index contributed by atoms with van der Waals surface area (Å²) in [7, 11) is 1.73. The summed E-state index contributed by atoms with van der Waals surface area (Å²) in [6, 6.07) is 11.0. The molecule has 2 heterocycles. The van der Waals surface area contributed by atoms with Crippen LogP contribution in [0.15, 0.2) is 75.6 Å². The summed E-state index contributed by atoms with van der Waals surface area (Å²) in [6.07, 6.45) is -3.76. The van der Waals surface area contributed by atoms with Gasteiger partial charge in [-0.15, -0.1) is 0 Å². The largest absolute Gasteiger partial charge is 0.433 e. The van der Waals surface area contributed by atoms with Gasteiger partial charge >= 0.3 is 18.0 Å². The molecule has 0 bridgehead atoms. The molecule has 1 amide bonds. The van der Waals surface area contributed by atoms with E-state index in [1.165, 1.54) is 0 Å². The number of rotatable bonds is 6. The molecule has 5 N–H and O–H groups in total. The highest BCUT2D eigenvalue weighted by molar-refractivity contribution is 6.04. The monoisotopic (exact) mass is 473 g/mol. The fourth-order valence-electron chi connectivity index (χ4n) is 2.45. The number of alkyl halides is 3. The Balaban J connectivity index is 1.66. The van der Waals surface area contributed by atoms with Gasteiger partial charge in [0, 0.05) is 12.7 Å². The van der Waals surface area contributed by atoms with E-state index >= 15 is 0 Å². The Hall–Kier alpha value is -4.75. The van der Waals surface area contributed by atoms with Crippen molar-refractivity contribution in [1.29, 1.82) is 0 Å². The second-order valence-electron chi connectivity index (χ2n) is 6.58. The molecule has 2 aromatic heterocycles. The number of anilines is 2. The van der Waals surface area contributed by atoms with Crippen LogP contribution in [-0.2, 0) is 6.18 Å². The number of carbonyl (C=O) groups is 1. The minimum absolute atomic E-state index is 0.0168. The van der Waals surface area contributed by atoms with Crippen molar-refractivity contribution >= 4 is 29.1 Å². The van der Waals surface area contributed by atoms with Crippen LogP contribution in [0, 0.1) is 0 Å². The number of pyridine rings is 1. The van der Waals surface area contributed by atoms with Gasteiger partial charge in [-0.1, -0.05) is 29.9 Å². The maximum absolute atomic E-state index is 12.6. The summed E-state index contributed by atoms with van der Waals surface area (Å²) in [4.78, 5) is 28.8. The van der Waals surface area contributed by atoms with Crippen molar-refractivity contribution in [1.82, 2.24) is 15.1 Å². The van der Waals surface area contributed by atoms with Crippen LogP contribution in [0.5, 0.6) is 0 Å². The molecule has 14 heteroatoms. The number of halogens is 3. The van der Waals surface area contributed by atoms with Gasteiger partial charge in [-0.25, -0.2) is 4.98 Å². The fourth-order valence-corrected chi connectivity index (χ4v) is 2.45.